The molecular formula is C36H49N3O8. The van der Waals surface area contributed by atoms with Crippen LogP contribution in [0.4, 0.5) is 0 Å². The number of ether oxygens (including phenoxy) is 3. The van der Waals surface area contributed by atoms with E-state index in [2.05, 4.69) is 26.1 Å². The number of hydrogen-bond acceptors (Lipinski definition) is 8. The van der Waals surface area contributed by atoms with Crippen LogP contribution in [-0.4, -0.2) is 101 Å². The van der Waals surface area contributed by atoms with Crippen LogP contribution in [0.5, 0.6) is 0 Å². The van der Waals surface area contributed by atoms with Crippen molar-refractivity contribution in [2.75, 3.05) is 33.4 Å². The number of hydrogen-bond donors (Lipinski definition) is 2. The van der Waals surface area contributed by atoms with E-state index in [0.29, 0.717) is 18.4 Å². The summed E-state index contributed by atoms with van der Waals surface area (Å²) in [5.74, 6) is -3.74. The first-order valence-corrected chi connectivity index (χ1v) is 16.5. The average Bonchev–Trinajstić information content (AvgIpc) is 3.63. The van der Waals surface area contributed by atoms with Gasteiger partial charge >= 0.3 is 5.97 Å². The van der Waals surface area contributed by atoms with Gasteiger partial charge in [-0.2, -0.15) is 0 Å². The van der Waals surface area contributed by atoms with Crippen LogP contribution in [-0.2, 0) is 33.4 Å². The third-order valence-electron chi connectivity index (χ3n) is 9.60. The Labute approximate surface area is 277 Å². The SMILES string of the molecule is COC[C@@H]1NC(=O)CC/C=C\CN(C(C)(C)CC(C)(C)C)C(=O)[C@H]2N(CCO)C(=O)[C@@H]3[C@@H](C(=O)O[C@H]1c1ccccc1)[C@H]1C=C[C@]32O1. The summed E-state index contributed by atoms with van der Waals surface area (Å²) in [7, 11) is 1.51. The predicted molar refractivity (Wildman–Crippen MR) is 174 cm³/mol. The Morgan fingerprint density at radius 1 is 1.04 bits per heavy atom. The standard InChI is InChI=1S/C36H49N3O8/c1-34(2,3)22-35(4,5)39-18-12-8-11-15-26(41)37-24(21-45-6)29(23-13-9-7-10-14-23)46-33(44)27-25-16-17-36(47-25)28(27)31(42)38(19-20-40)30(36)32(39)43/h7-10,12-14,16-17,24-25,27-30,40H,11,15,18-22H2,1-6H3,(H,37,41)/b12-8-/t24-,25+,27-,28-,29-,30+,36-/m0/s1. The van der Waals surface area contributed by atoms with Crippen LogP contribution in [0.15, 0.2) is 54.6 Å². The molecule has 11 nitrogen and oxygen atoms in total. The number of rotatable bonds is 7. The Bertz CT molecular complexity index is 1400. The fourth-order valence-corrected chi connectivity index (χ4v) is 8.15. The lowest BCUT2D eigenvalue weighted by atomic mass is 9.74. The topological polar surface area (TPSA) is 135 Å². The zero-order valence-corrected chi connectivity index (χ0v) is 28.3. The lowest BCUT2D eigenvalue weighted by Crippen LogP contribution is -2.61. The smallest absolute Gasteiger partial charge is 0.313 e. The molecule has 4 heterocycles. The minimum Gasteiger partial charge on any atom is -0.455 e. The van der Waals surface area contributed by atoms with Crippen LogP contribution in [0.3, 0.4) is 0 Å². The molecule has 0 unspecified atom stereocenters. The Morgan fingerprint density at radius 3 is 2.43 bits per heavy atom. The molecule has 1 spiro atoms. The molecule has 2 fully saturated rings. The summed E-state index contributed by atoms with van der Waals surface area (Å²) < 4.78 is 18.2. The van der Waals surface area contributed by atoms with Gasteiger partial charge in [0.05, 0.1) is 31.3 Å². The summed E-state index contributed by atoms with van der Waals surface area (Å²) in [6.07, 6.45) is 6.81. The minimum atomic E-state index is -1.41. The van der Waals surface area contributed by atoms with Gasteiger partial charge in [-0.15, -0.1) is 0 Å². The van der Waals surface area contributed by atoms with Gasteiger partial charge in [-0.1, -0.05) is 75.4 Å². The van der Waals surface area contributed by atoms with E-state index in [0.717, 1.165) is 0 Å². The number of β-amino-alcohol motifs (C(OH)–C–C–N with tert-alkyl or cyclic N) is 1. The highest BCUT2D eigenvalue weighted by molar-refractivity contribution is 5.99. The normalized spacial score (nSPS) is 32.4. The lowest BCUT2D eigenvalue weighted by molar-refractivity contribution is -0.162. The zero-order chi connectivity index (χ0) is 34.1. The van der Waals surface area contributed by atoms with Crippen molar-refractivity contribution in [3.63, 3.8) is 0 Å². The number of benzene rings is 1. The van der Waals surface area contributed by atoms with E-state index in [1.807, 2.05) is 56.3 Å². The number of cyclic esters (lactones) is 1. The number of amides is 3. The Kier molecular flexibility index (Phi) is 10.0. The van der Waals surface area contributed by atoms with E-state index in [9.17, 15) is 24.3 Å². The van der Waals surface area contributed by atoms with Gasteiger partial charge in [-0.25, -0.2) is 0 Å². The van der Waals surface area contributed by atoms with Crippen molar-refractivity contribution in [2.45, 2.75) is 89.3 Å². The van der Waals surface area contributed by atoms with Gasteiger partial charge in [0.1, 0.15) is 23.7 Å². The lowest BCUT2D eigenvalue weighted by Gasteiger charge is -2.45. The summed E-state index contributed by atoms with van der Waals surface area (Å²) >= 11 is 0. The molecule has 5 rings (SSSR count). The van der Waals surface area contributed by atoms with Gasteiger partial charge in [0, 0.05) is 32.2 Å². The van der Waals surface area contributed by atoms with Gasteiger partial charge in [-0.05, 0) is 37.7 Å². The van der Waals surface area contributed by atoms with Gasteiger partial charge in [-0.3, -0.25) is 19.2 Å². The molecular weight excluding hydrogens is 602 g/mol. The molecule has 1 aromatic rings. The number of esters is 1. The summed E-state index contributed by atoms with van der Waals surface area (Å²) in [4.78, 5) is 59.8. The number of allylic oxidation sites excluding steroid dienone is 1. The number of fused-ring (bicyclic) bond motifs is 2. The van der Waals surface area contributed by atoms with Crippen molar-refractivity contribution in [3.8, 4) is 0 Å². The van der Waals surface area contributed by atoms with Crippen LogP contribution in [0, 0.1) is 17.3 Å². The maximum absolute atomic E-state index is 14.9. The predicted octanol–water partition coefficient (Wildman–Crippen LogP) is 2.94. The second kappa shape index (κ2) is 13.5. The molecule has 0 aliphatic carbocycles. The van der Waals surface area contributed by atoms with E-state index >= 15 is 0 Å². The molecule has 256 valence electrons. The number of carbonyl (C=O) groups excluding carboxylic acids is 4. The highest BCUT2D eigenvalue weighted by Gasteiger charge is 2.73. The van der Waals surface area contributed by atoms with Crippen molar-refractivity contribution in [3.05, 3.63) is 60.2 Å². The molecule has 0 radical (unpaired) electrons. The quantitative estimate of drug-likeness (QED) is 0.340. The van der Waals surface area contributed by atoms with E-state index in [1.165, 1.54) is 12.0 Å². The number of nitrogens with one attached hydrogen (secondary N) is 1. The van der Waals surface area contributed by atoms with Gasteiger partial charge in [0.15, 0.2) is 0 Å². The summed E-state index contributed by atoms with van der Waals surface area (Å²) in [5, 5.41) is 13.1. The first-order valence-electron chi connectivity index (χ1n) is 16.5. The van der Waals surface area contributed by atoms with Gasteiger partial charge in [0.25, 0.3) is 0 Å². The number of nitrogens with zero attached hydrogens (tertiary/aromatic N) is 2. The number of likely N-dealkylation sites (tertiary alicyclic amines) is 1. The number of aliphatic hydroxyl groups excluding tert-OH is 1. The zero-order valence-electron chi connectivity index (χ0n) is 28.3. The van der Waals surface area contributed by atoms with Gasteiger partial charge in [0.2, 0.25) is 17.7 Å². The molecule has 3 amide bonds. The van der Waals surface area contributed by atoms with Crippen LogP contribution >= 0.6 is 0 Å². The molecule has 2 saturated heterocycles. The Hall–Kier alpha value is -3.54. The van der Waals surface area contributed by atoms with E-state index in [4.69, 9.17) is 14.2 Å². The maximum atomic E-state index is 14.9. The fraction of sp³-hybridized carbons (Fsp3) is 0.611. The molecule has 0 saturated carbocycles. The fourth-order valence-electron chi connectivity index (χ4n) is 8.15. The third-order valence-corrected chi connectivity index (χ3v) is 9.60. The monoisotopic (exact) mass is 651 g/mol. The largest absolute Gasteiger partial charge is 0.455 e. The van der Waals surface area contributed by atoms with Crippen molar-refractivity contribution in [2.24, 2.45) is 17.3 Å². The molecule has 4 aliphatic heterocycles. The first kappa shape index (κ1) is 34.8. The summed E-state index contributed by atoms with van der Waals surface area (Å²) in [5.41, 5.74) is -1.52. The Morgan fingerprint density at radius 2 is 1.77 bits per heavy atom. The first-order chi connectivity index (χ1) is 22.2. The number of aliphatic hydroxyl groups is 1. The summed E-state index contributed by atoms with van der Waals surface area (Å²) in [6, 6.07) is 7.29. The second-order valence-electron chi connectivity index (χ2n) is 14.9. The van der Waals surface area contributed by atoms with Crippen molar-refractivity contribution in [1.29, 1.82) is 0 Å². The van der Waals surface area contributed by atoms with E-state index < -0.39 is 59.1 Å². The molecule has 0 aromatic heterocycles. The van der Waals surface area contributed by atoms with Crippen molar-refractivity contribution < 1.29 is 38.5 Å². The van der Waals surface area contributed by atoms with Crippen molar-refractivity contribution in [1.82, 2.24) is 15.1 Å². The molecule has 5 bridgehead atoms. The number of methoxy groups -OCH3 is 1. The minimum absolute atomic E-state index is 0.0733. The highest BCUT2D eigenvalue weighted by atomic mass is 16.6. The molecule has 1 aromatic carbocycles. The molecule has 47 heavy (non-hydrogen) atoms. The third kappa shape index (κ3) is 6.75. The summed E-state index contributed by atoms with van der Waals surface area (Å²) in [6.45, 7) is 10.2. The highest BCUT2D eigenvalue weighted by Crippen LogP contribution is 2.56. The van der Waals surface area contributed by atoms with Crippen LogP contribution in [0.1, 0.15) is 65.5 Å². The maximum Gasteiger partial charge on any atom is 0.313 e. The molecule has 2 N–H and O–H groups in total. The van der Waals surface area contributed by atoms with E-state index in [1.54, 1.807) is 17.1 Å². The average molecular weight is 652 g/mol. The van der Waals surface area contributed by atoms with E-state index in [-0.39, 0.29) is 50.0 Å². The van der Waals surface area contributed by atoms with Crippen LogP contribution < -0.4 is 5.32 Å². The number of carbonyl (C=O) groups is 4. The van der Waals surface area contributed by atoms with Crippen LogP contribution in [0.25, 0.3) is 0 Å². The Balaban J connectivity index is 1.61. The molecule has 11 heteroatoms. The molecule has 7 atom stereocenters. The second-order valence-corrected chi connectivity index (χ2v) is 14.9. The molecule has 4 aliphatic rings. The van der Waals surface area contributed by atoms with Gasteiger partial charge < -0.3 is 34.4 Å². The van der Waals surface area contributed by atoms with Crippen molar-refractivity contribution >= 4 is 23.7 Å². The van der Waals surface area contributed by atoms with Crippen LogP contribution in [0.2, 0.25) is 0 Å².